The van der Waals surface area contributed by atoms with Gasteiger partial charge < -0.3 is 4.90 Å². The third-order valence-corrected chi connectivity index (χ3v) is 4.99. The number of nitrogens with zero attached hydrogens (tertiary/aromatic N) is 3. The molecule has 1 amide bonds. The van der Waals surface area contributed by atoms with Crippen LogP contribution in [0.15, 0.2) is 59.1 Å². The van der Waals surface area contributed by atoms with E-state index in [1.165, 1.54) is 5.56 Å². The summed E-state index contributed by atoms with van der Waals surface area (Å²) in [5, 5.41) is 9.70. The first kappa shape index (κ1) is 17.8. The van der Waals surface area contributed by atoms with Crippen molar-refractivity contribution >= 4 is 23.1 Å². The molecule has 2 N–H and O–H groups in total. The first-order chi connectivity index (χ1) is 13.7. The van der Waals surface area contributed by atoms with Crippen molar-refractivity contribution in [3.05, 3.63) is 70.8 Å². The number of likely N-dealkylation sites (tertiary alicyclic amines) is 1. The molecule has 2 aromatic carbocycles. The molecular formula is C22H21N5O. The zero-order valence-electron chi connectivity index (χ0n) is 15.7. The number of aliphatic imine (C=N–C) groups is 1. The Balaban J connectivity index is 1.66. The van der Waals surface area contributed by atoms with Gasteiger partial charge >= 0.3 is 0 Å². The largest absolute Gasteiger partial charge is 0.338 e. The van der Waals surface area contributed by atoms with Gasteiger partial charge in [0.2, 0.25) is 0 Å². The van der Waals surface area contributed by atoms with E-state index in [2.05, 4.69) is 21.9 Å². The number of benzene rings is 2. The number of carbonyl (C=O) groups excluding carboxylic acids is 1. The highest BCUT2D eigenvalue weighted by molar-refractivity contribution is 6.15. The van der Waals surface area contributed by atoms with E-state index in [4.69, 9.17) is 0 Å². The fourth-order valence-electron chi connectivity index (χ4n) is 3.46. The number of carbonyl (C=O) groups is 1. The number of fused-ring (bicyclic) bond motifs is 1. The number of nitriles is 1. The highest BCUT2D eigenvalue weighted by Gasteiger charge is 2.29. The van der Waals surface area contributed by atoms with Gasteiger partial charge in [-0.3, -0.25) is 15.6 Å². The number of amidine groups is 1. The van der Waals surface area contributed by atoms with Crippen molar-refractivity contribution in [3.8, 4) is 6.07 Å². The Morgan fingerprint density at radius 1 is 1.04 bits per heavy atom. The third-order valence-electron chi connectivity index (χ3n) is 4.99. The first-order valence-corrected chi connectivity index (χ1v) is 9.38. The summed E-state index contributed by atoms with van der Waals surface area (Å²) in [5.74, 6) is 0.356. The van der Waals surface area contributed by atoms with E-state index in [0.29, 0.717) is 24.6 Å². The van der Waals surface area contributed by atoms with Gasteiger partial charge in [-0.1, -0.05) is 42.0 Å². The molecule has 6 nitrogen and oxygen atoms in total. The topological polar surface area (TPSA) is 80.5 Å². The van der Waals surface area contributed by atoms with Crippen LogP contribution in [0, 0.1) is 18.3 Å². The van der Waals surface area contributed by atoms with Crippen molar-refractivity contribution in [2.24, 2.45) is 4.99 Å². The predicted molar refractivity (Wildman–Crippen MR) is 109 cm³/mol. The van der Waals surface area contributed by atoms with Gasteiger partial charge in [-0.2, -0.15) is 5.26 Å². The Morgan fingerprint density at radius 2 is 1.71 bits per heavy atom. The minimum atomic E-state index is -0.235. The maximum absolute atomic E-state index is 12.8. The van der Waals surface area contributed by atoms with E-state index in [-0.39, 0.29) is 11.5 Å². The van der Waals surface area contributed by atoms with Crippen molar-refractivity contribution in [2.75, 3.05) is 18.5 Å². The lowest BCUT2D eigenvalue weighted by Crippen LogP contribution is -2.29. The monoisotopic (exact) mass is 371 g/mol. The van der Waals surface area contributed by atoms with Gasteiger partial charge in [0.15, 0.2) is 5.84 Å². The number of anilines is 1. The van der Waals surface area contributed by atoms with Gasteiger partial charge in [-0.15, -0.1) is 0 Å². The molecule has 0 saturated carbocycles. The average Bonchev–Trinajstić information content (AvgIpc) is 3.37. The van der Waals surface area contributed by atoms with Gasteiger partial charge in [-0.25, -0.2) is 4.99 Å². The molecule has 28 heavy (non-hydrogen) atoms. The molecule has 6 heteroatoms. The molecule has 1 saturated heterocycles. The second kappa shape index (κ2) is 7.57. The molecule has 2 aromatic rings. The number of rotatable bonds is 3. The number of hydrazine groups is 1. The number of hydrogen-bond acceptors (Lipinski definition) is 5. The lowest BCUT2D eigenvalue weighted by molar-refractivity contribution is -0.125. The highest BCUT2D eigenvalue weighted by atomic mass is 16.2. The van der Waals surface area contributed by atoms with Gasteiger partial charge in [0.05, 0.1) is 11.4 Å². The molecule has 2 aliphatic rings. The SMILES string of the molecule is Cc1ccc(NNC2=NC(=C(C#N)C(=O)N3CCCC3)c3ccccc32)cc1. The lowest BCUT2D eigenvalue weighted by Gasteiger charge is -2.15. The molecule has 1 fully saturated rings. The second-order valence-electron chi connectivity index (χ2n) is 6.96. The summed E-state index contributed by atoms with van der Waals surface area (Å²) in [6, 6.07) is 17.7. The molecule has 0 atom stereocenters. The average molecular weight is 371 g/mol. The standard InChI is InChI=1S/C22H21N5O/c1-15-8-10-16(11-9-15)25-26-21-18-7-3-2-6-17(18)20(24-21)19(14-23)22(28)27-12-4-5-13-27/h2-3,6-11,25H,4-5,12-13H2,1H3,(H,24,26). The van der Waals surface area contributed by atoms with E-state index >= 15 is 0 Å². The molecule has 0 spiro atoms. The van der Waals surface area contributed by atoms with E-state index in [1.807, 2.05) is 55.5 Å². The number of aryl methyl sites for hydroxylation is 1. The number of hydrogen-bond donors (Lipinski definition) is 2. The minimum absolute atomic E-state index is 0.0986. The molecule has 140 valence electrons. The smallest absolute Gasteiger partial charge is 0.266 e. The van der Waals surface area contributed by atoms with Crippen molar-refractivity contribution < 1.29 is 4.79 Å². The fourth-order valence-corrected chi connectivity index (χ4v) is 3.46. The Labute approximate surface area is 164 Å². The van der Waals surface area contributed by atoms with E-state index in [0.717, 1.165) is 29.7 Å². The van der Waals surface area contributed by atoms with E-state index in [1.54, 1.807) is 4.90 Å². The van der Waals surface area contributed by atoms with Crippen LogP contribution >= 0.6 is 0 Å². The summed E-state index contributed by atoms with van der Waals surface area (Å²) in [5.41, 5.74) is 10.5. The molecule has 2 aliphatic heterocycles. The first-order valence-electron chi connectivity index (χ1n) is 9.38. The zero-order valence-corrected chi connectivity index (χ0v) is 15.7. The van der Waals surface area contributed by atoms with Crippen molar-refractivity contribution in [1.82, 2.24) is 10.3 Å². The van der Waals surface area contributed by atoms with Crippen molar-refractivity contribution in [3.63, 3.8) is 0 Å². The predicted octanol–water partition coefficient (Wildman–Crippen LogP) is 3.23. The Kier molecular flexibility index (Phi) is 4.81. The Hall–Kier alpha value is -3.59. The second-order valence-corrected chi connectivity index (χ2v) is 6.96. The van der Waals surface area contributed by atoms with Crippen LogP contribution in [0.1, 0.15) is 29.5 Å². The molecule has 0 bridgehead atoms. The molecular weight excluding hydrogens is 350 g/mol. The van der Waals surface area contributed by atoms with Crippen LogP contribution in [0.2, 0.25) is 0 Å². The Morgan fingerprint density at radius 3 is 2.39 bits per heavy atom. The molecule has 0 unspecified atom stereocenters. The van der Waals surface area contributed by atoms with Crippen molar-refractivity contribution in [2.45, 2.75) is 19.8 Å². The summed E-state index contributed by atoms with van der Waals surface area (Å²) in [6.07, 6.45) is 1.96. The maximum atomic E-state index is 12.8. The Bertz CT molecular complexity index is 1010. The molecule has 0 radical (unpaired) electrons. The van der Waals surface area contributed by atoms with Crippen LogP contribution in [-0.2, 0) is 4.79 Å². The quantitative estimate of drug-likeness (QED) is 0.493. The van der Waals surface area contributed by atoms with Crippen LogP contribution in [0.4, 0.5) is 5.69 Å². The highest BCUT2D eigenvalue weighted by Crippen LogP contribution is 2.31. The lowest BCUT2D eigenvalue weighted by atomic mass is 10.0. The van der Waals surface area contributed by atoms with E-state index in [9.17, 15) is 10.1 Å². The molecule has 2 heterocycles. The van der Waals surface area contributed by atoms with Crippen molar-refractivity contribution in [1.29, 1.82) is 5.26 Å². The number of nitrogens with one attached hydrogen (secondary N) is 2. The summed E-state index contributed by atoms with van der Waals surface area (Å²) < 4.78 is 0. The minimum Gasteiger partial charge on any atom is -0.338 e. The summed E-state index contributed by atoms with van der Waals surface area (Å²) in [6.45, 7) is 3.43. The van der Waals surface area contributed by atoms with Crippen LogP contribution < -0.4 is 10.9 Å². The summed E-state index contributed by atoms with van der Waals surface area (Å²) in [7, 11) is 0. The van der Waals surface area contributed by atoms with Crippen LogP contribution in [0.5, 0.6) is 0 Å². The maximum Gasteiger partial charge on any atom is 0.266 e. The summed E-state index contributed by atoms with van der Waals surface area (Å²) in [4.78, 5) is 19.2. The van der Waals surface area contributed by atoms with Gasteiger partial charge in [0, 0.05) is 24.2 Å². The van der Waals surface area contributed by atoms with Gasteiger partial charge in [-0.05, 0) is 31.9 Å². The van der Waals surface area contributed by atoms with Gasteiger partial charge in [0.25, 0.3) is 5.91 Å². The van der Waals surface area contributed by atoms with Crippen LogP contribution in [0.3, 0.4) is 0 Å². The molecule has 0 aliphatic carbocycles. The fraction of sp³-hybridized carbons (Fsp3) is 0.227. The molecule has 0 aromatic heterocycles. The van der Waals surface area contributed by atoms with Crippen LogP contribution in [-0.4, -0.2) is 29.7 Å². The molecule has 4 rings (SSSR count). The van der Waals surface area contributed by atoms with Crippen LogP contribution in [0.25, 0.3) is 5.70 Å². The summed E-state index contributed by atoms with van der Waals surface area (Å²) >= 11 is 0. The van der Waals surface area contributed by atoms with E-state index < -0.39 is 0 Å². The zero-order chi connectivity index (χ0) is 19.5. The number of amides is 1. The third kappa shape index (κ3) is 3.35. The normalized spacial score (nSPS) is 16.9. The van der Waals surface area contributed by atoms with Gasteiger partial charge in [0.1, 0.15) is 11.6 Å².